The van der Waals surface area contributed by atoms with Crippen molar-refractivity contribution >= 4 is 11.9 Å². The summed E-state index contributed by atoms with van der Waals surface area (Å²) in [4.78, 5) is 24.7. The molecule has 3 N–H and O–H groups in total. The fraction of sp³-hybridized carbons (Fsp3) is 0.875. The summed E-state index contributed by atoms with van der Waals surface area (Å²) in [5.41, 5.74) is 0.292. The Labute approximate surface area is 262 Å². The standard InChI is InChI=1S/C32H55NO11/c1-19-17-32(40-8,44-21(3)20(19)2)27(36)29(37)33-30-26-25(41-18-42-30)28(39-7)31(4,5)23(43-26)16-22(34)14-12-10-9-11-13-15-24(35)38-6/h20-23,25-28,30,34,36H,1,9-18H2,2-8H3,(H,33,37)/t20-,21-,22-,23-,25+,26+,27-,28-,30-,32-/m1/s1. The van der Waals surface area contributed by atoms with Crippen LogP contribution in [0, 0.1) is 11.3 Å². The molecule has 3 aliphatic heterocycles. The van der Waals surface area contributed by atoms with Crippen LogP contribution in [0.25, 0.3) is 0 Å². The van der Waals surface area contributed by atoms with Crippen LogP contribution in [-0.2, 0) is 42.7 Å². The van der Waals surface area contributed by atoms with E-state index in [0.717, 1.165) is 37.7 Å². The molecule has 12 heteroatoms. The minimum Gasteiger partial charge on any atom is -0.469 e. The van der Waals surface area contributed by atoms with E-state index in [9.17, 15) is 19.8 Å². The number of ether oxygens (including phenoxy) is 7. The van der Waals surface area contributed by atoms with Crippen molar-refractivity contribution in [3.05, 3.63) is 12.2 Å². The number of methoxy groups -OCH3 is 3. The predicted octanol–water partition coefficient (Wildman–Crippen LogP) is 2.97. The van der Waals surface area contributed by atoms with E-state index in [-0.39, 0.29) is 31.2 Å². The van der Waals surface area contributed by atoms with E-state index in [1.807, 2.05) is 27.7 Å². The van der Waals surface area contributed by atoms with Crippen molar-refractivity contribution in [1.82, 2.24) is 5.32 Å². The van der Waals surface area contributed by atoms with E-state index >= 15 is 0 Å². The lowest BCUT2D eigenvalue weighted by molar-refractivity contribution is -0.332. The number of carbonyl (C=O) groups excluding carboxylic acids is 2. The van der Waals surface area contributed by atoms with Gasteiger partial charge in [0.2, 0.25) is 5.79 Å². The van der Waals surface area contributed by atoms with Gasteiger partial charge >= 0.3 is 5.97 Å². The minimum atomic E-state index is -1.67. The van der Waals surface area contributed by atoms with Gasteiger partial charge in [-0.1, -0.05) is 58.6 Å². The third-order valence-electron chi connectivity index (χ3n) is 9.70. The van der Waals surface area contributed by atoms with Crippen LogP contribution in [0.4, 0.5) is 0 Å². The van der Waals surface area contributed by atoms with E-state index in [2.05, 4.69) is 16.6 Å². The number of fused-ring (bicyclic) bond motifs is 1. The molecule has 0 unspecified atom stereocenters. The lowest BCUT2D eigenvalue weighted by atomic mass is 9.72. The number of hydrogen-bond donors (Lipinski definition) is 3. The van der Waals surface area contributed by atoms with Gasteiger partial charge in [0.15, 0.2) is 12.3 Å². The van der Waals surface area contributed by atoms with Gasteiger partial charge in [-0.15, -0.1) is 0 Å². The van der Waals surface area contributed by atoms with E-state index in [1.165, 1.54) is 14.2 Å². The fourth-order valence-corrected chi connectivity index (χ4v) is 6.58. The molecular weight excluding hydrogens is 574 g/mol. The zero-order valence-corrected chi connectivity index (χ0v) is 27.5. The number of unbranched alkanes of at least 4 members (excludes halogenated alkanes) is 4. The Morgan fingerprint density at radius 3 is 2.36 bits per heavy atom. The summed E-state index contributed by atoms with van der Waals surface area (Å²) in [7, 11) is 4.40. The number of aliphatic hydroxyl groups is 2. The van der Waals surface area contributed by atoms with Gasteiger partial charge in [0.1, 0.15) is 19.0 Å². The Bertz CT molecular complexity index is 960. The number of rotatable bonds is 15. The van der Waals surface area contributed by atoms with Gasteiger partial charge in [-0.2, -0.15) is 0 Å². The monoisotopic (exact) mass is 629 g/mol. The molecule has 3 aliphatic rings. The molecule has 0 radical (unpaired) electrons. The lowest BCUT2D eigenvalue weighted by Gasteiger charge is -2.54. The summed E-state index contributed by atoms with van der Waals surface area (Å²) in [6.07, 6.45) is 0.372. The summed E-state index contributed by atoms with van der Waals surface area (Å²) in [5, 5.41) is 24.9. The molecule has 3 fully saturated rings. The summed E-state index contributed by atoms with van der Waals surface area (Å²) in [6.45, 7) is 11.9. The average Bonchev–Trinajstić information content (AvgIpc) is 2.99. The molecule has 0 saturated carbocycles. The van der Waals surface area contributed by atoms with Gasteiger partial charge in [0.25, 0.3) is 5.91 Å². The highest BCUT2D eigenvalue weighted by atomic mass is 16.7. The molecule has 0 aromatic carbocycles. The number of amides is 1. The molecule has 3 rings (SSSR count). The first-order valence-electron chi connectivity index (χ1n) is 15.9. The summed E-state index contributed by atoms with van der Waals surface area (Å²) in [6, 6.07) is 0. The van der Waals surface area contributed by atoms with Crippen molar-refractivity contribution in [2.45, 2.75) is 140 Å². The Hall–Kier alpha value is -1.64. The van der Waals surface area contributed by atoms with Crippen LogP contribution in [0.1, 0.15) is 85.5 Å². The van der Waals surface area contributed by atoms with Crippen LogP contribution >= 0.6 is 0 Å². The zero-order valence-electron chi connectivity index (χ0n) is 27.5. The Balaban J connectivity index is 1.62. The van der Waals surface area contributed by atoms with E-state index < -0.39 is 60.0 Å². The number of nitrogens with one attached hydrogen (secondary N) is 1. The number of hydrogen-bond acceptors (Lipinski definition) is 11. The maximum atomic E-state index is 13.4. The normalized spacial score (nSPS) is 34.9. The quantitative estimate of drug-likeness (QED) is 0.139. The van der Waals surface area contributed by atoms with Crippen LogP contribution < -0.4 is 5.32 Å². The lowest BCUT2D eigenvalue weighted by Crippen LogP contribution is -2.69. The van der Waals surface area contributed by atoms with Crippen LogP contribution in [0.15, 0.2) is 12.2 Å². The van der Waals surface area contributed by atoms with Crippen LogP contribution in [0.5, 0.6) is 0 Å². The molecule has 0 aliphatic carbocycles. The van der Waals surface area contributed by atoms with Crippen molar-refractivity contribution in [1.29, 1.82) is 0 Å². The maximum absolute atomic E-state index is 13.4. The topological polar surface area (TPSA) is 151 Å². The Kier molecular flexibility index (Phi) is 13.6. The van der Waals surface area contributed by atoms with E-state index in [0.29, 0.717) is 19.3 Å². The summed E-state index contributed by atoms with van der Waals surface area (Å²) >= 11 is 0. The first-order valence-corrected chi connectivity index (χ1v) is 15.9. The molecule has 10 atom stereocenters. The molecule has 0 bridgehead atoms. The van der Waals surface area contributed by atoms with Gasteiger partial charge in [-0.05, 0) is 19.8 Å². The number of aliphatic hydroxyl groups excluding tert-OH is 2. The first kappa shape index (κ1) is 36.8. The molecule has 44 heavy (non-hydrogen) atoms. The molecule has 0 aromatic rings. The van der Waals surface area contributed by atoms with Gasteiger partial charge in [-0.25, -0.2) is 0 Å². The Morgan fingerprint density at radius 2 is 1.73 bits per heavy atom. The second kappa shape index (κ2) is 16.3. The molecule has 3 saturated heterocycles. The van der Waals surface area contributed by atoms with Crippen LogP contribution in [0.3, 0.4) is 0 Å². The number of esters is 1. The second-order valence-corrected chi connectivity index (χ2v) is 13.0. The highest BCUT2D eigenvalue weighted by Crippen LogP contribution is 2.44. The zero-order chi connectivity index (χ0) is 32.7. The summed E-state index contributed by atoms with van der Waals surface area (Å²) < 4.78 is 40.5. The third-order valence-corrected chi connectivity index (χ3v) is 9.70. The van der Waals surface area contributed by atoms with Gasteiger partial charge in [0, 0.05) is 44.8 Å². The first-order chi connectivity index (χ1) is 20.8. The minimum absolute atomic E-state index is 0.0448. The smallest absolute Gasteiger partial charge is 0.305 e. The molecule has 254 valence electrons. The highest BCUT2D eigenvalue weighted by Gasteiger charge is 2.57. The van der Waals surface area contributed by atoms with Crippen LogP contribution in [0.2, 0.25) is 0 Å². The molecule has 0 spiro atoms. The van der Waals surface area contributed by atoms with Crippen molar-refractivity contribution in [2.75, 3.05) is 28.1 Å². The molecule has 12 nitrogen and oxygen atoms in total. The molecular formula is C32H55NO11. The molecule has 1 amide bonds. The van der Waals surface area contributed by atoms with Crippen molar-refractivity contribution in [3.63, 3.8) is 0 Å². The Morgan fingerprint density at radius 1 is 1.05 bits per heavy atom. The van der Waals surface area contributed by atoms with Gasteiger partial charge in [-0.3, -0.25) is 9.59 Å². The predicted molar refractivity (Wildman–Crippen MR) is 160 cm³/mol. The highest BCUT2D eigenvalue weighted by molar-refractivity contribution is 5.82. The third kappa shape index (κ3) is 8.58. The van der Waals surface area contributed by atoms with Gasteiger partial charge in [0.05, 0.1) is 31.5 Å². The van der Waals surface area contributed by atoms with Crippen LogP contribution in [-0.4, -0.2) is 105 Å². The van der Waals surface area contributed by atoms with Crippen molar-refractivity contribution in [2.24, 2.45) is 11.3 Å². The fourth-order valence-electron chi connectivity index (χ4n) is 6.58. The number of carbonyl (C=O) groups is 2. The largest absolute Gasteiger partial charge is 0.469 e. The van der Waals surface area contributed by atoms with Gasteiger partial charge < -0.3 is 48.7 Å². The van der Waals surface area contributed by atoms with Crippen molar-refractivity contribution < 1.29 is 53.0 Å². The maximum Gasteiger partial charge on any atom is 0.305 e. The average molecular weight is 630 g/mol. The van der Waals surface area contributed by atoms with E-state index in [1.54, 1.807) is 7.11 Å². The van der Waals surface area contributed by atoms with E-state index in [4.69, 9.17) is 28.4 Å². The second-order valence-electron chi connectivity index (χ2n) is 13.0. The summed E-state index contributed by atoms with van der Waals surface area (Å²) in [5.74, 6) is -2.47. The SMILES string of the molecule is C=C1C[C@](OC)([C@H](O)C(=O)N[C@@H]2OCO[C@H]3[C@@H]2O[C@H](C[C@H](O)CCCCCCCC(=O)OC)C(C)(C)[C@@H]3OC)O[C@H](C)[C@@H]1C. The molecule has 0 aromatic heterocycles. The molecule has 3 heterocycles. The van der Waals surface area contributed by atoms with Crippen molar-refractivity contribution in [3.8, 4) is 0 Å².